The highest BCUT2D eigenvalue weighted by molar-refractivity contribution is 6.11. The molecule has 2 amide bonds. The number of carbonyl (C=O) groups is 2. The Labute approximate surface area is 173 Å². The van der Waals surface area contributed by atoms with Crippen molar-refractivity contribution in [2.75, 3.05) is 11.9 Å². The van der Waals surface area contributed by atoms with Crippen LogP contribution in [0.4, 0.5) is 5.69 Å². The number of aromatic nitrogens is 2. The second kappa shape index (κ2) is 8.16. The maximum absolute atomic E-state index is 12.7. The molecule has 0 radical (unpaired) electrons. The van der Waals surface area contributed by atoms with E-state index in [2.05, 4.69) is 15.3 Å². The van der Waals surface area contributed by atoms with Gasteiger partial charge in [-0.3, -0.25) is 14.6 Å². The second-order valence-electron chi connectivity index (χ2n) is 7.04. The molecule has 150 valence electrons. The summed E-state index contributed by atoms with van der Waals surface area (Å²) in [7, 11) is 1.68. The molecule has 30 heavy (non-hydrogen) atoms. The predicted molar refractivity (Wildman–Crippen MR) is 113 cm³/mol. The fourth-order valence-electron chi connectivity index (χ4n) is 3.37. The number of fused-ring (bicyclic) bond motifs is 1. The highest BCUT2D eigenvalue weighted by Gasteiger charge is 2.27. The molecule has 1 aliphatic rings. The number of phenols is 1. The smallest absolute Gasteiger partial charge is 0.270 e. The average Bonchev–Trinajstić information content (AvgIpc) is 2.76. The van der Waals surface area contributed by atoms with E-state index in [9.17, 15) is 14.7 Å². The lowest BCUT2D eigenvalue weighted by Gasteiger charge is -2.27. The summed E-state index contributed by atoms with van der Waals surface area (Å²) < 4.78 is 0. The Balaban J connectivity index is 1.57. The summed E-state index contributed by atoms with van der Waals surface area (Å²) in [5.74, 6) is -0.283. The van der Waals surface area contributed by atoms with Gasteiger partial charge in [-0.1, -0.05) is 12.1 Å². The third-order valence-corrected chi connectivity index (χ3v) is 4.93. The van der Waals surface area contributed by atoms with Crippen LogP contribution in [-0.2, 0) is 17.8 Å². The van der Waals surface area contributed by atoms with E-state index in [1.165, 1.54) is 4.90 Å². The molecule has 0 bridgehead atoms. The molecule has 7 heteroatoms. The SMILES string of the molecule is CN1C(=O)C(=Cc2cccc(O)c2)Cc2cc(C(=O)NCc3ccncc3)ncc21. The Bertz CT molecular complexity index is 1140. The van der Waals surface area contributed by atoms with Crippen molar-refractivity contribution in [2.45, 2.75) is 13.0 Å². The van der Waals surface area contributed by atoms with Crippen LogP contribution in [0, 0.1) is 0 Å². The number of pyridine rings is 2. The summed E-state index contributed by atoms with van der Waals surface area (Å²) in [4.78, 5) is 35.0. The van der Waals surface area contributed by atoms with Gasteiger partial charge in [0, 0.05) is 38.0 Å². The van der Waals surface area contributed by atoms with Crippen LogP contribution in [0.1, 0.15) is 27.2 Å². The highest BCUT2D eigenvalue weighted by Crippen LogP contribution is 2.30. The van der Waals surface area contributed by atoms with Gasteiger partial charge in [0.2, 0.25) is 0 Å². The van der Waals surface area contributed by atoms with Gasteiger partial charge in [0.25, 0.3) is 11.8 Å². The van der Waals surface area contributed by atoms with Crippen molar-refractivity contribution in [3.63, 3.8) is 0 Å². The van der Waals surface area contributed by atoms with Gasteiger partial charge in [-0.15, -0.1) is 0 Å². The molecule has 3 aromatic rings. The topological polar surface area (TPSA) is 95.4 Å². The number of nitrogens with one attached hydrogen (secondary N) is 1. The quantitative estimate of drug-likeness (QED) is 0.657. The van der Waals surface area contributed by atoms with E-state index >= 15 is 0 Å². The van der Waals surface area contributed by atoms with E-state index in [4.69, 9.17) is 0 Å². The molecule has 0 saturated carbocycles. The molecular weight excluding hydrogens is 380 g/mol. The number of hydrogen-bond acceptors (Lipinski definition) is 5. The van der Waals surface area contributed by atoms with Gasteiger partial charge < -0.3 is 15.3 Å². The largest absolute Gasteiger partial charge is 0.508 e. The van der Waals surface area contributed by atoms with Crippen LogP contribution in [-0.4, -0.2) is 33.9 Å². The van der Waals surface area contributed by atoms with Crippen molar-refractivity contribution in [3.8, 4) is 5.75 Å². The summed E-state index contributed by atoms with van der Waals surface area (Å²) in [6, 6.07) is 12.1. The van der Waals surface area contributed by atoms with Crippen molar-refractivity contribution in [1.29, 1.82) is 0 Å². The first-order valence-corrected chi connectivity index (χ1v) is 9.45. The maximum atomic E-state index is 12.7. The number of anilines is 1. The third-order valence-electron chi connectivity index (χ3n) is 4.93. The molecule has 0 unspecified atom stereocenters. The summed E-state index contributed by atoms with van der Waals surface area (Å²) in [5, 5.41) is 12.5. The van der Waals surface area contributed by atoms with E-state index in [1.54, 1.807) is 56.0 Å². The first-order chi connectivity index (χ1) is 14.5. The molecule has 1 aliphatic heterocycles. The molecule has 7 nitrogen and oxygen atoms in total. The Morgan fingerprint density at radius 3 is 2.80 bits per heavy atom. The predicted octanol–water partition coefficient (Wildman–Crippen LogP) is 2.71. The molecule has 2 aromatic heterocycles. The zero-order valence-corrected chi connectivity index (χ0v) is 16.4. The van der Waals surface area contributed by atoms with Gasteiger partial charge in [0.15, 0.2) is 0 Å². The van der Waals surface area contributed by atoms with Crippen molar-refractivity contribution in [2.24, 2.45) is 0 Å². The molecule has 4 rings (SSSR count). The Morgan fingerprint density at radius 2 is 2.03 bits per heavy atom. The average molecular weight is 400 g/mol. The van der Waals surface area contributed by atoms with Crippen LogP contribution in [0.15, 0.2) is 66.6 Å². The number of benzene rings is 1. The second-order valence-corrected chi connectivity index (χ2v) is 7.04. The number of amides is 2. The maximum Gasteiger partial charge on any atom is 0.270 e. The standard InChI is InChI=1S/C23H20N4O3/c1-27-21-14-25-20(22(29)26-13-15-5-7-24-8-6-15)12-17(21)11-18(23(27)30)9-16-3-2-4-19(28)10-16/h2-10,12,14,28H,11,13H2,1H3,(H,26,29). The fraction of sp³-hybridized carbons (Fsp3) is 0.130. The first-order valence-electron chi connectivity index (χ1n) is 9.45. The van der Waals surface area contributed by atoms with E-state index in [0.29, 0.717) is 29.9 Å². The van der Waals surface area contributed by atoms with Crippen LogP contribution >= 0.6 is 0 Å². The summed E-state index contributed by atoms with van der Waals surface area (Å²) in [6.07, 6.45) is 7.03. The van der Waals surface area contributed by atoms with Crippen molar-refractivity contribution < 1.29 is 14.7 Å². The molecular formula is C23H20N4O3. The number of nitrogens with zero attached hydrogens (tertiary/aromatic N) is 3. The lowest BCUT2D eigenvalue weighted by molar-refractivity contribution is -0.115. The minimum atomic E-state index is -0.285. The van der Waals surface area contributed by atoms with Crippen molar-refractivity contribution in [3.05, 3.63) is 89.0 Å². The normalized spacial score (nSPS) is 14.5. The number of phenolic OH excluding ortho intramolecular Hbond substituents is 1. The van der Waals surface area contributed by atoms with Gasteiger partial charge >= 0.3 is 0 Å². The third kappa shape index (κ3) is 4.05. The molecule has 0 spiro atoms. The van der Waals surface area contributed by atoms with Gasteiger partial charge in [0.05, 0.1) is 11.9 Å². The zero-order valence-electron chi connectivity index (χ0n) is 16.4. The van der Waals surface area contributed by atoms with E-state index in [0.717, 1.165) is 16.7 Å². The minimum Gasteiger partial charge on any atom is -0.508 e. The van der Waals surface area contributed by atoms with Gasteiger partial charge in [-0.25, -0.2) is 4.98 Å². The lowest BCUT2D eigenvalue weighted by atomic mass is 9.95. The van der Waals surface area contributed by atoms with E-state index in [-0.39, 0.29) is 17.6 Å². The van der Waals surface area contributed by atoms with Gasteiger partial charge in [-0.05, 0) is 53.1 Å². The minimum absolute atomic E-state index is 0.137. The number of rotatable bonds is 4. The van der Waals surface area contributed by atoms with Crippen LogP contribution < -0.4 is 10.2 Å². The summed E-state index contributed by atoms with van der Waals surface area (Å²) in [5.41, 5.74) is 4.07. The monoisotopic (exact) mass is 400 g/mol. The number of aromatic hydroxyl groups is 1. The number of hydrogen-bond donors (Lipinski definition) is 2. The Hall–Kier alpha value is -4.00. The summed E-state index contributed by atoms with van der Waals surface area (Å²) >= 11 is 0. The highest BCUT2D eigenvalue weighted by atomic mass is 16.3. The molecule has 3 heterocycles. The summed E-state index contributed by atoms with van der Waals surface area (Å²) in [6.45, 7) is 0.376. The van der Waals surface area contributed by atoms with E-state index in [1.807, 2.05) is 18.2 Å². The molecule has 0 fully saturated rings. The number of carbonyl (C=O) groups excluding carboxylic acids is 2. The first kappa shape index (κ1) is 19.3. The molecule has 0 aliphatic carbocycles. The van der Waals surface area contributed by atoms with Crippen molar-refractivity contribution >= 4 is 23.6 Å². The number of likely N-dealkylation sites (N-methyl/N-ethyl adjacent to an activating group) is 1. The fourth-order valence-corrected chi connectivity index (χ4v) is 3.37. The van der Waals surface area contributed by atoms with Crippen LogP contribution in [0.2, 0.25) is 0 Å². The van der Waals surface area contributed by atoms with Crippen LogP contribution in [0.25, 0.3) is 6.08 Å². The molecule has 2 N–H and O–H groups in total. The van der Waals surface area contributed by atoms with Crippen LogP contribution in [0.3, 0.4) is 0 Å². The molecule has 0 saturated heterocycles. The Kier molecular flexibility index (Phi) is 5.26. The lowest BCUT2D eigenvalue weighted by Crippen LogP contribution is -2.34. The Morgan fingerprint density at radius 1 is 1.23 bits per heavy atom. The molecule has 0 atom stereocenters. The van der Waals surface area contributed by atoms with Gasteiger partial charge in [-0.2, -0.15) is 0 Å². The zero-order chi connectivity index (χ0) is 21.1. The van der Waals surface area contributed by atoms with Crippen LogP contribution in [0.5, 0.6) is 5.75 Å². The van der Waals surface area contributed by atoms with Gasteiger partial charge in [0.1, 0.15) is 11.4 Å². The van der Waals surface area contributed by atoms with E-state index < -0.39 is 0 Å². The molecule has 1 aromatic carbocycles. The van der Waals surface area contributed by atoms with Crippen molar-refractivity contribution in [1.82, 2.24) is 15.3 Å².